The van der Waals surface area contributed by atoms with Crippen LogP contribution in [0.1, 0.15) is 32.6 Å². The lowest BCUT2D eigenvalue weighted by Gasteiger charge is -2.17. The molecule has 5 heteroatoms. The summed E-state index contributed by atoms with van der Waals surface area (Å²) in [5, 5.41) is 2.98. The van der Waals surface area contributed by atoms with E-state index < -0.39 is 0 Å². The van der Waals surface area contributed by atoms with Gasteiger partial charge in [0, 0.05) is 19.0 Å². The second-order valence-corrected chi connectivity index (χ2v) is 5.07. The van der Waals surface area contributed by atoms with Gasteiger partial charge in [-0.15, -0.1) is 0 Å². The first-order valence-electron chi connectivity index (χ1n) is 7.04. The highest BCUT2D eigenvalue weighted by molar-refractivity contribution is 5.79. The smallest absolute Gasteiger partial charge is 0.224 e. The minimum atomic E-state index is -0.183. The van der Waals surface area contributed by atoms with E-state index >= 15 is 0 Å². The summed E-state index contributed by atoms with van der Waals surface area (Å²) in [6, 6.07) is 7.87. The van der Waals surface area contributed by atoms with Gasteiger partial charge < -0.3 is 15.6 Å². The van der Waals surface area contributed by atoms with Crippen LogP contribution in [0.25, 0.3) is 11.0 Å². The van der Waals surface area contributed by atoms with Crippen molar-refractivity contribution in [2.75, 3.05) is 6.54 Å². The standard InChI is InChI=1S/C15H22N4O/c1-4-19-13-8-6-5-7-12(13)18-14(19)11(3)17-15(20)10(2)9-16/h5-8,10-11H,4,9,16H2,1-3H3,(H,17,20). The van der Waals surface area contributed by atoms with E-state index in [4.69, 9.17) is 5.73 Å². The third-order valence-corrected chi connectivity index (χ3v) is 3.55. The lowest BCUT2D eigenvalue weighted by molar-refractivity contribution is -0.124. The molecule has 2 unspecified atom stereocenters. The molecule has 3 N–H and O–H groups in total. The zero-order valence-electron chi connectivity index (χ0n) is 12.3. The Balaban J connectivity index is 2.30. The average molecular weight is 274 g/mol. The maximum Gasteiger partial charge on any atom is 0.224 e. The Hall–Kier alpha value is -1.88. The van der Waals surface area contributed by atoms with E-state index in [0.717, 1.165) is 23.4 Å². The highest BCUT2D eigenvalue weighted by atomic mass is 16.1. The molecular weight excluding hydrogens is 252 g/mol. The van der Waals surface area contributed by atoms with Gasteiger partial charge >= 0.3 is 0 Å². The molecule has 2 rings (SSSR count). The van der Waals surface area contributed by atoms with Crippen molar-refractivity contribution < 1.29 is 4.79 Å². The molecule has 0 saturated heterocycles. The van der Waals surface area contributed by atoms with Crippen LogP contribution in [0.15, 0.2) is 24.3 Å². The van der Waals surface area contributed by atoms with Gasteiger partial charge in [0.05, 0.1) is 17.1 Å². The minimum Gasteiger partial charge on any atom is -0.346 e. The van der Waals surface area contributed by atoms with Crippen LogP contribution in [0.4, 0.5) is 0 Å². The van der Waals surface area contributed by atoms with Gasteiger partial charge in [-0.05, 0) is 26.0 Å². The fraction of sp³-hybridized carbons (Fsp3) is 0.467. The number of imidazole rings is 1. The lowest BCUT2D eigenvalue weighted by Crippen LogP contribution is -2.35. The molecule has 1 aromatic carbocycles. The van der Waals surface area contributed by atoms with Gasteiger partial charge in [0.15, 0.2) is 0 Å². The Morgan fingerprint density at radius 2 is 2.10 bits per heavy atom. The van der Waals surface area contributed by atoms with E-state index in [1.165, 1.54) is 0 Å². The SMILES string of the molecule is CCn1c(C(C)NC(=O)C(C)CN)nc2ccccc21. The quantitative estimate of drug-likeness (QED) is 0.873. The molecule has 0 aliphatic rings. The van der Waals surface area contributed by atoms with Crippen LogP contribution in [-0.2, 0) is 11.3 Å². The molecule has 1 heterocycles. The molecule has 0 fully saturated rings. The van der Waals surface area contributed by atoms with Gasteiger partial charge in [-0.3, -0.25) is 4.79 Å². The number of para-hydroxylation sites is 2. The molecule has 108 valence electrons. The largest absolute Gasteiger partial charge is 0.346 e. The summed E-state index contributed by atoms with van der Waals surface area (Å²) < 4.78 is 2.13. The lowest BCUT2D eigenvalue weighted by atomic mass is 10.1. The summed E-state index contributed by atoms with van der Waals surface area (Å²) in [5.41, 5.74) is 7.57. The van der Waals surface area contributed by atoms with Crippen molar-refractivity contribution in [3.05, 3.63) is 30.1 Å². The van der Waals surface area contributed by atoms with Crippen molar-refractivity contribution >= 4 is 16.9 Å². The van der Waals surface area contributed by atoms with Crippen LogP contribution in [0.3, 0.4) is 0 Å². The number of carbonyl (C=O) groups excluding carboxylic acids is 1. The highest BCUT2D eigenvalue weighted by Gasteiger charge is 2.19. The Morgan fingerprint density at radius 1 is 1.40 bits per heavy atom. The number of rotatable bonds is 5. The van der Waals surface area contributed by atoms with E-state index in [0.29, 0.717) is 6.54 Å². The zero-order valence-corrected chi connectivity index (χ0v) is 12.3. The molecule has 1 aromatic heterocycles. The molecule has 0 spiro atoms. The summed E-state index contributed by atoms with van der Waals surface area (Å²) in [7, 11) is 0. The van der Waals surface area contributed by atoms with E-state index in [1.807, 2.05) is 38.1 Å². The Bertz CT molecular complexity index is 605. The minimum absolute atomic E-state index is 0.0327. The van der Waals surface area contributed by atoms with Gasteiger partial charge in [-0.1, -0.05) is 19.1 Å². The number of amides is 1. The van der Waals surface area contributed by atoms with Gasteiger partial charge in [0.2, 0.25) is 5.91 Å². The molecule has 5 nitrogen and oxygen atoms in total. The third-order valence-electron chi connectivity index (χ3n) is 3.55. The summed E-state index contributed by atoms with van der Waals surface area (Å²) >= 11 is 0. The number of nitrogens with zero attached hydrogens (tertiary/aromatic N) is 2. The number of carbonyl (C=O) groups is 1. The molecule has 0 aliphatic carbocycles. The monoisotopic (exact) mass is 274 g/mol. The number of fused-ring (bicyclic) bond motifs is 1. The van der Waals surface area contributed by atoms with Gasteiger partial charge in [0.25, 0.3) is 0 Å². The van der Waals surface area contributed by atoms with Crippen LogP contribution >= 0.6 is 0 Å². The molecule has 2 aromatic rings. The predicted molar refractivity (Wildman–Crippen MR) is 80.2 cm³/mol. The Kier molecular flexibility index (Phi) is 4.39. The molecule has 0 radical (unpaired) electrons. The van der Waals surface area contributed by atoms with Crippen LogP contribution in [-0.4, -0.2) is 22.0 Å². The average Bonchev–Trinajstić information content (AvgIpc) is 2.84. The van der Waals surface area contributed by atoms with Gasteiger partial charge in [0.1, 0.15) is 5.82 Å². The van der Waals surface area contributed by atoms with Crippen molar-refractivity contribution in [2.24, 2.45) is 11.7 Å². The van der Waals surface area contributed by atoms with Crippen LogP contribution < -0.4 is 11.1 Å². The third kappa shape index (κ3) is 2.67. The topological polar surface area (TPSA) is 72.9 Å². The van der Waals surface area contributed by atoms with Crippen LogP contribution in [0.5, 0.6) is 0 Å². The second kappa shape index (κ2) is 6.05. The zero-order chi connectivity index (χ0) is 14.7. The maximum absolute atomic E-state index is 11.9. The van der Waals surface area contributed by atoms with E-state index in [2.05, 4.69) is 21.8 Å². The first-order valence-corrected chi connectivity index (χ1v) is 7.04. The highest BCUT2D eigenvalue weighted by Crippen LogP contribution is 2.20. The molecule has 0 saturated carbocycles. The number of nitrogens with two attached hydrogens (primary N) is 1. The van der Waals surface area contributed by atoms with E-state index in [9.17, 15) is 4.79 Å². The molecule has 1 amide bonds. The van der Waals surface area contributed by atoms with Crippen molar-refractivity contribution in [3.63, 3.8) is 0 Å². The Labute approximate surface area is 119 Å². The Morgan fingerprint density at radius 3 is 2.75 bits per heavy atom. The fourth-order valence-electron chi connectivity index (χ4n) is 2.28. The fourth-order valence-corrected chi connectivity index (χ4v) is 2.28. The summed E-state index contributed by atoms with van der Waals surface area (Å²) in [6.07, 6.45) is 0. The molecular formula is C15H22N4O. The first kappa shape index (κ1) is 14.5. The molecule has 2 atom stereocenters. The van der Waals surface area contributed by atoms with Crippen molar-refractivity contribution in [1.82, 2.24) is 14.9 Å². The van der Waals surface area contributed by atoms with Crippen molar-refractivity contribution in [1.29, 1.82) is 0 Å². The van der Waals surface area contributed by atoms with Gasteiger partial charge in [-0.25, -0.2) is 4.98 Å². The number of hydrogen-bond donors (Lipinski definition) is 2. The summed E-state index contributed by atoms with van der Waals surface area (Å²) in [5.74, 6) is 0.665. The van der Waals surface area contributed by atoms with Crippen LogP contribution in [0.2, 0.25) is 0 Å². The number of hydrogen-bond acceptors (Lipinski definition) is 3. The predicted octanol–water partition coefficient (Wildman–Crippen LogP) is 1.83. The van der Waals surface area contributed by atoms with Crippen LogP contribution in [0, 0.1) is 5.92 Å². The first-order chi connectivity index (χ1) is 9.58. The number of aryl methyl sites for hydroxylation is 1. The second-order valence-electron chi connectivity index (χ2n) is 5.07. The van der Waals surface area contributed by atoms with Gasteiger partial charge in [-0.2, -0.15) is 0 Å². The van der Waals surface area contributed by atoms with Crippen molar-refractivity contribution in [2.45, 2.75) is 33.4 Å². The number of nitrogens with one attached hydrogen (secondary N) is 1. The van der Waals surface area contributed by atoms with E-state index in [-0.39, 0.29) is 17.9 Å². The van der Waals surface area contributed by atoms with E-state index in [1.54, 1.807) is 0 Å². The number of benzene rings is 1. The molecule has 0 aliphatic heterocycles. The normalized spacial score (nSPS) is 14.2. The maximum atomic E-state index is 11.9. The summed E-state index contributed by atoms with van der Waals surface area (Å²) in [6.45, 7) is 7.03. The molecule has 0 bridgehead atoms. The van der Waals surface area contributed by atoms with Crippen molar-refractivity contribution in [3.8, 4) is 0 Å². The summed E-state index contributed by atoms with van der Waals surface area (Å²) in [4.78, 5) is 16.6. The number of aromatic nitrogens is 2. The molecule has 20 heavy (non-hydrogen) atoms.